The molecule has 0 N–H and O–H groups in total. The summed E-state index contributed by atoms with van der Waals surface area (Å²) < 4.78 is 10.5. The van der Waals surface area contributed by atoms with Crippen LogP contribution in [0.1, 0.15) is 32.6 Å². The fraction of sp³-hybridized carbons (Fsp3) is 0.600. The summed E-state index contributed by atoms with van der Waals surface area (Å²) >= 11 is 0. The highest BCUT2D eigenvalue weighted by molar-refractivity contribution is 5.78. The van der Waals surface area contributed by atoms with Crippen LogP contribution in [0.15, 0.2) is 35.5 Å². The van der Waals surface area contributed by atoms with Crippen LogP contribution in [0.25, 0.3) is 0 Å². The van der Waals surface area contributed by atoms with Crippen molar-refractivity contribution in [1.82, 2.24) is 0 Å². The molecule has 4 aliphatic rings. The second kappa shape index (κ2) is 5.24. The summed E-state index contributed by atoms with van der Waals surface area (Å²) in [6.45, 7) is 6.38. The number of ether oxygens (including phenoxy) is 2. The molecule has 2 saturated carbocycles. The number of carbonyl (C=O) groups is 1. The molecule has 4 nitrogen and oxygen atoms in total. The van der Waals surface area contributed by atoms with E-state index in [-0.39, 0.29) is 35.2 Å². The van der Waals surface area contributed by atoms with Crippen LogP contribution >= 0.6 is 0 Å². The minimum atomic E-state index is -0.270. The van der Waals surface area contributed by atoms with Gasteiger partial charge in [0.15, 0.2) is 0 Å². The van der Waals surface area contributed by atoms with Crippen molar-refractivity contribution in [3.8, 4) is 6.26 Å². The van der Waals surface area contributed by atoms with Crippen molar-refractivity contribution in [2.45, 2.75) is 38.7 Å². The predicted molar refractivity (Wildman–Crippen MR) is 88.3 cm³/mol. The summed E-state index contributed by atoms with van der Waals surface area (Å²) in [6, 6.07) is 0. The van der Waals surface area contributed by atoms with E-state index in [1.54, 1.807) is 0 Å². The van der Waals surface area contributed by atoms with Gasteiger partial charge in [0.25, 0.3) is 6.26 Å². The summed E-state index contributed by atoms with van der Waals surface area (Å²) in [7, 11) is 1.48. The molecule has 2 fully saturated rings. The van der Waals surface area contributed by atoms with E-state index in [0.717, 1.165) is 25.7 Å². The van der Waals surface area contributed by atoms with Crippen molar-refractivity contribution in [1.29, 1.82) is 5.26 Å². The van der Waals surface area contributed by atoms with Crippen molar-refractivity contribution >= 4 is 5.97 Å². The summed E-state index contributed by atoms with van der Waals surface area (Å²) in [4.78, 5) is 12.8. The van der Waals surface area contributed by atoms with Gasteiger partial charge in [-0.25, -0.2) is 0 Å². The van der Waals surface area contributed by atoms with E-state index < -0.39 is 0 Å². The molecule has 0 radical (unpaired) electrons. The molecule has 24 heavy (non-hydrogen) atoms. The molecular formula is C20H23NO3. The van der Waals surface area contributed by atoms with Gasteiger partial charge >= 0.3 is 5.97 Å². The van der Waals surface area contributed by atoms with Crippen LogP contribution in [-0.4, -0.2) is 19.2 Å². The minimum Gasteiger partial charge on any atom is -0.469 e. The summed E-state index contributed by atoms with van der Waals surface area (Å²) in [5, 5.41) is 8.92. The van der Waals surface area contributed by atoms with Crippen molar-refractivity contribution in [2.24, 2.45) is 29.1 Å². The van der Waals surface area contributed by atoms with E-state index in [9.17, 15) is 4.79 Å². The van der Waals surface area contributed by atoms with Crippen LogP contribution < -0.4 is 0 Å². The van der Waals surface area contributed by atoms with E-state index in [0.29, 0.717) is 5.92 Å². The van der Waals surface area contributed by atoms with E-state index in [2.05, 4.69) is 19.6 Å². The van der Waals surface area contributed by atoms with Crippen LogP contribution in [0.5, 0.6) is 0 Å². The normalized spacial score (nSPS) is 42.4. The fourth-order valence-electron chi connectivity index (χ4n) is 5.97. The highest BCUT2D eigenvalue weighted by Crippen LogP contribution is 2.68. The van der Waals surface area contributed by atoms with Crippen LogP contribution in [0.3, 0.4) is 0 Å². The summed E-state index contributed by atoms with van der Waals surface area (Å²) in [5.41, 5.74) is 3.91. The Morgan fingerprint density at radius 1 is 1.50 bits per heavy atom. The Hall–Kier alpha value is -2.02. The number of nitrogens with zero attached hydrogens (tertiary/aromatic N) is 1. The molecule has 4 aliphatic carbocycles. The molecule has 2 unspecified atom stereocenters. The molecule has 0 aromatic rings. The average Bonchev–Trinajstić information content (AvgIpc) is 3.00. The van der Waals surface area contributed by atoms with Gasteiger partial charge in [-0.15, -0.1) is 0 Å². The van der Waals surface area contributed by atoms with Crippen LogP contribution in [0.2, 0.25) is 0 Å². The number of rotatable bonds is 2. The zero-order chi connectivity index (χ0) is 17.1. The SMILES string of the molecule is C=C1C[C@]23C[C@H]1CCC2=C1C=C[C@H](OC#N)[C@H](C)C1C3C(=O)OC. The summed E-state index contributed by atoms with van der Waals surface area (Å²) in [5.74, 6) is 0.376. The van der Waals surface area contributed by atoms with Gasteiger partial charge in [0, 0.05) is 17.3 Å². The van der Waals surface area contributed by atoms with Crippen molar-refractivity contribution in [3.05, 3.63) is 35.5 Å². The molecule has 4 heteroatoms. The van der Waals surface area contributed by atoms with Gasteiger partial charge in [-0.2, -0.15) is 5.26 Å². The first-order valence-electron chi connectivity index (χ1n) is 8.75. The lowest BCUT2D eigenvalue weighted by atomic mass is 9.64. The third-order valence-electron chi connectivity index (χ3n) is 6.93. The molecular weight excluding hydrogens is 302 g/mol. The Morgan fingerprint density at radius 2 is 2.29 bits per heavy atom. The number of carbonyl (C=O) groups excluding carboxylic acids is 1. The highest BCUT2D eigenvalue weighted by Gasteiger charge is 2.63. The number of esters is 1. The van der Waals surface area contributed by atoms with Crippen LogP contribution in [0, 0.1) is 40.6 Å². The molecule has 0 saturated heterocycles. The maximum atomic E-state index is 12.8. The Bertz CT molecular complexity index is 713. The lowest BCUT2D eigenvalue weighted by molar-refractivity contribution is -0.152. The standard InChI is InChI=1S/C20H23NO3/c1-11-8-20-9-13(11)4-6-15(20)14-5-7-16(24-10-21)12(2)17(14)18(20)19(22)23-3/h5,7,12-13,16-18H,1,4,6,8-9H2,2-3H3/t12-,13+,16-,17?,18?,20-/m0/s1. The maximum Gasteiger partial charge on any atom is 0.310 e. The number of allylic oxidation sites excluding steroid dienone is 4. The quantitative estimate of drug-likeness (QED) is 0.443. The highest BCUT2D eigenvalue weighted by atomic mass is 16.5. The molecule has 126 valence electrons. The third-order valence-corrected chi connectivity index (χ3v) is 6.93. The first-order chi connectivity index (χ1) is 11.5. The molecule has 1 spiro atoms. The second-order valence-electron chi connectivity index (χ2n) is 7.78. The van der Waals surface area contributed by atoms with Gasteiger partial charge in [0.2, 0.25) is 0 Å². The van der Waals surface area contributed by atoms with E-state index >= 15 is 0 Å². The van der Waals surface area contributed by atoms with Gasteiger partial charge in [-0.3, -0.25) is 4.79 Å². The molecule has 0 amide bonds. The zero-order valence-corrected chi connectivity index (χ0v) is 14.2. The van der Waals surface area contributed by atoms with Gasteiger partial charge in [-0.05, 0) is 43.3 Å². The third kappa shape index (κ3) is 1.81. The Labute approximate surface area is 142 Å². The molecule has 2 bridgehead atoms. The Morgan fingerprint density at radius 3 is 3.00 bits per heavy atom. The van der Waals surface area contributed by atoms with Gasteiger partial charge in [0.1, 0.15) is 6.10 Å². The van der Waals surface area contributed by atoms with Gasteiger partial charge in [0.05, 0.1) is 13.0 Å². The first-order valence-corrected chi connectivity index (χ1v) is 8.75. The lowest BCUT2D eigenvalue weighted by Crippen LogP contribution is -2.42. The molecule has 0 aromatic carbocycles. The van der Waals surface area contributed by atoms with Crippen molar-refractivity contribution in [2.75, 3.05) is 7.11 Å². The second-order valence-corrected chi connectivity index (χ2v) is 7.78. The maximum absolute atomic E-state index is 12.8. The molecule has 0 heterocycles. The molecule has 4 rings (SSSR count). The first kappa shape index (κ1) is 15.5. The number of hydrogen-bond donors (Lipinski definition) is 0. The van der Waals surface area contributed by atoms with Crippen LogP contribution in [-0.2, 0) is 14.3 Å². The smallest absolute Gasteiger partial charge is 0.310 e. The average molecular weight is 325 g/mol. The minimum absolute atomic E-state index is 0.0699. The monoisotopic (exact) mass is 325 g/mol. The number of methoxy groups -OCH3 is 1. The fourth-order valence-corrected chi connectivity index (χ4v) is 5.97. The molecule has 0 aromatic heterocycles. The molecule has 6 atom stereocenters. The zero-order valence-electron chi connectivity index (χ0n) is 14.2. The summed E-state index contributed by atoms with van der Waals surface area (Å²) in [6.07, 6.45) is 9.73. The predicted octanol–water partition coefficient (Wildman–Crippen LogP) is 3.52. The van der Waals surface area contributed by atoms with Gasteiger partial charge in [-0.1, -0.05) is 30.7 Å². The van der Waals surface area contributed by atoms with Crippen molar-refractivity contribution in [3.63, 3.8) is 0 Å². The topological polar surface area (TPSA) is 59.3 Å². The number of fused-ring (bicyclic) bond motifs is 2. The Kier molecular flexibility index (Phi) is 3.38. The van der Waals surface area contributed by atoms with E-state index in [1.165, 1.54) is 23.8 Å². The number of nitriles is 1. The van der Waals surface area contributed by atoms with Gasteiger partial charge < -0.3 is 9.47 Å². The lowest BCUT2D eigenvalue weighted by Gasteiger charge is -2.39. The Balaban J connectivity index is 1.84. The largest absolute Gasteiger partial charge is 0.469 e. The van der Waals surface area contributed by atoms with Crippen LogP contribution in [0.4, 0.5) is 0 Å². The van der Waals surface area contributed by atoms with Crippen molar-refractivity contribution < 1.29 is 14.3 Å². The molecule has 0 aliphatic heterocycles. The number of hydrogen-bond acceptors (Lipinski definition) is 4. The van der Waals surface area contributed by atoms with E-state index in [4.69, 9.17) is 14.7 Å². The van der Waals surface area contributed by atoms with E-state index in [1.807, 2.05) is 12.3 Å².